The number of aliphatic carboxylic acids is 1. The van der Waals surface area contributed by atoms with Gasteiger partial charge in [0.15, 0.2) is 0 Å². The molecule has 214 valence electrons. The topological polar surface area (TPSA) is 89.7 Å². The van der Waals surface area contributed by atoms with Crippen molar-refractivity contribution in [2.24, 2.45) is 0 Å². The normalized spacial score (nSPS) is 18.0. The molecular weight excluding hydrogens is 547 g/mol. The van der Waals surface area contributed by atoms with Crippen molar-refractivity contribution in [1.29, 1.82) is 0 Å². The Bertz CT molecular complexity index is 1550. The number of hydrogen-bond acceptors (Lipinski definition) is 6. The molecule has 1 N–H and O–H groups in total. The summed E-state index contributed by atoms with van der Waals surface area (Å²) >= 11 is 5.85. The summed E-state index contributed by atoms with van der Waals surface area (Å²) < 4.78 is 27.9. The number of nitrogens with zero attached hydrogens (tertiary/aromatic N) is 4. The third-order valence-corrected chi connectivity index (χ3v) is 8.17. The molecule has 0 amide bonds. The summed E-state index contributed by atoms with van der Waals surface area (Å²) in [5.74, 6) is 0.521. The highest BCUT2D eigenvalue weighted by Gasteiger charge is 2.26. The molecule has 0 spiro atoms. The van der Waals surface area contributed by atoms with E-state index in [1.165, 1.54) is 6.07 Å². The number of fused-ring (bicyclic) bond motifs is 1. The number of imidazole rings is 1. The number of carbonyl (C=O) groups is 1. The number of rotatable bonds is 10. The van der Waals surface area contributed by atoms with E-state index in [4.69, 9.17) is 31.0 Å². The van der Waals surface area contributed by atoms with Gasteiger partial charge in [-0.2, -0.15) is 0 Å². The number of piperidine rings is 1. The predicted molar refractivity (Wildman–Crippen MR) is 153 cm³/mol. The first-order chi connectivity index (χ1) is 19.9. The average Bonchev–Trinajstić information content (AvgIpc) is 3.26. The molecule has 2 saturated heterocycles. The molecule has 2 aromatic heterocycles. The average molecular weight is 579 g/mol. The van der Waals surface area contributed by atoms with E-state index in [9.17, 15) is 14.3 Å². The van der Waals surface area contributed by atoms with Crippen LogP contribution in [-0.4, -0.2) is 56.3 Å². The summed E-state index contributed by atoms with van der Waals surface area (Å²) in [6.07, 6.45) is 3.11. The Morgan fingerprint density at radius 3 is 2.66 bits per heavy atom. The Morgan fingerprint density at radius 1 is 1.10 bits per heavy atom. The highest BCUT2D eigenvalue weighted by atomic mass is 35.5. The smallest absolute Gasteiger partial charge is 0.307 e. The second-order valence-corrected chi connectivity index (χ2v) is 11.2. The van der Waals surface area contributed by atoms with Crippen LogP contribution in [0.15, 0.2) is 54.6 Å². The van der Waals surface area contributed by atoms with Crippen LogP contribution in [0.4, 0.5) is 4.39 Å². The van der Waals surface area contributed by atoms with Crippen LogP contribution < -0.4 is 4.74 Å². The van der Waals surface area contributed by atoms with E-state index in [1.54, 1.807) is 18.2 Å². The minimum absolute atomic E-state index is 0.0182. The standard InChI is InChI=1S/C31H32ClFN4O4/c32-23-6-5-22(25(33)16-23)19-41-30-3-1-2-26(35-30)21-8-11-36(12-9-21)18-29-34-27-14-20(15-31(38)39)4-7-28(27)37(29)17-24-10-13-40-24/h1-7,14,16,21,24H,8-13,15,17-19H2,(H,38,39)/t24-/m0/s1. The number of carboxylic acid groups (broad SMARTS) is 1. The zero-order chi connectivity index (χ0) is 28.3. The zero-order valence-corrected chi connectivity index (χ0v) is 23.4. The summed E-state index contributed by atoms with van der Waals surface area (Å²) in [4.78, 5) is 23.3. The predicted octanol–water partition coefficient (Wildman–Crippen LogP) is 5.60. The van der Waals surface area contributed by atoms with Gasteiger partial charge in [-0.1, -0.05) is 29.8 Å². The summed E-state index contributed by atoms with van der Waals surface area (Å²) in [6.45, 7) is 4.15. The number of pyridine rings is 1. The molecule has 10 heteroatoms. The van der Waals surface area contributed by atoms with Gasteiger partial charge >= 0.3 is 5.97 Å². The fourth-order valence-electron chi connectivity index (χ4n) is 5.58. The Balaban J connectivity index is 1.10. The lowest BCUT2D eigenvalue weighted by molar-refractivity contribution is -0.136. The van der Waals surface area contributed by atoms with Crippen LogP contribution in [0.2, 0.25) is 5.02 Å². The summed E-state index contributed by atoms with van der Waals surface area (Å²) in [6, 6.07) is 16.1. The maximum atomic E-state index is 14.1. The van der Waals surface area contributed by atoms with Gasteiger partial charge in [0, 0.05) is 34.9 Å². The van der Waals surface area contributed by atoms with Crippen LogP contribution in [0.1, 0.15) is 47.8 Å². The van der Waals surface area contributed by atoms with E-state index >= 15 is 0 Å². The van der Waals surface area contributed by atoms with Crippen molar-refractivity contribution in [3.63, 3.8) is 0 Å². The van der Waals surface area contributed by atoms with Gasteiger partial charge in [-0.25, -0.2) is 14.4 Å². The number of hydrogen-bond donors (Lipinski definition) is 1. The Labute approximate surface area is 242 Å². The van der Waals surface area contributed by atoms with Gasteiger partial charge in [0.2, 0.25) is 5.88 Å². The van der Waals surface area contributed by atoms with E-state index in [1.807, 2.05) is 30.3 Å². The maximum absolute atomic E-state index is 14.1. The summed E-state index contributed by atoms with van der Waals surface area (Å²) in [5.41, 5.74) is 4.01. The molecule has 8 nitrogen and oxygen atoms in total. The monoisotopic (exact) mass is 578 g/mol. The maximum Gasteiger partial charge on any atom is 0.307 e. The Kier molecular flexibility index (Phi) is 8.18. The van der Waals surface area contributed by atoms with Crippen molar-refractivity contribution in [3.8, 4) is 5.88 Å². The number of ether oxygens (including phenoxy) is 2. The fraction of sp³-hybridized carbons (Fsp3) is 0.387. The largest absolute Gasteiger partial charge is 0.481 e. The number of carboxylic acids is 1. The number of halogens is 2. The molecule has 2 aromatic carbocycles. The molecule has 2 fully saturated rings. The summed E-state index contributed by atoms with van der Waals surface area (Å²) in [7, 11) is 0. The zero-order valence-electron chi connectivity index (χ0n) is 22.6. The van der Waals surface area contributed by atoms with E-state index in [-0.39, 0.29) is 19.1 Å². The van der Waals surface area contributed by atoms with Crippen LogP contribution in [-0.2, 0) is 35.6 Å². The highest BCUT2D eigenvalue weighted by Crippen LogP contribution is 2.30. The van der Waals surface area contributed by atoms with Gasteiger partial charge in [0.05, 0.1) is 36.6 Å². The SMILES string of the molecule is O=C(O)Cc1ccc2c(c1)nc(CN1CCC(c3cccc(OCc4ccc(Cl)cc4F)n3)CC1)n2C[C@@H]1CCO1. The molecular formula is C31H32ClFN4O4. The van der Waals surface area contributed by atoms with Crippen LogP contribution >= 0.6 is 11.6 Å². The van der Waals surface area contributed by atoms with Gasteiger partial charge in [-0.3, -0.25) is 9.69 Å². The van der Waals surface area contributed by atoms with Crippen molar-refractivity contribution in [2.75, 3.05) is 19.7 Å². The molecule has 6 rings (SSSR count). The molecule has 0 bridgehead atoms. The van der Waals surface area contributed by atoms with E-state index in [2.05, 4.69) is 9.47 Å². The fourth-order valence-corrected chi connectivity index (χ4v) is 5.74. The van der Waals surface area contributed by atoms with Crippen LogP contribution in [0, 0.1) is 5.82 Å². The molecule has 0 saturated carbocycles. The van der Waals surface area contributed by atoms with Gasteiger partial charge in [0.1, 0.15) is 18.2 Å². The minimum Gasteiger partial charge on any atom is -0.481 e. The molecule has 4 heterocycles. The van der Waals surface area contributed by atoms with Crippen LogP contribution in [0.5, 0.6) is 5.88 Å². The van der Waals surface area contributed by atoms with Crippen LogP contribution in [0.25, 0.3) is 11.0 Å². The van der Waals surface area contributed by atoms with Gasteiger partial charge < -0.3 is 19.1 Å². The van der Waals surface area contributed by atoms with Crippen molar-refractivity contribution >= 4 is 28.6 Å². The molecule has 0 aliphatic carbocycles. The number of likely N-dealkylation sites (tertiary alicyclic amines) is 1. The lowest BCUT2D eigenvalue weighted by atomic mass is 9.93. The lowest BCUT2D eigenvalue weighted by Gasteiger charge is -2.32. The van der Waals surface area contributed by atoms with Crippen molar-refractivity contribution in [2.45, 2.75) is 57.4 Å². The van der Waals surface area contributed by atoms with Crippen molar-refractivity contribution in [1.82, 2.24) is 19.4 Å². The first-order valence-electron chi connectivity index (χ1n) is 14.0. The third-order valence-electron chi connectivity index (χ3n) is 7.93. The molecule has 1 atom stereocenters. The van der Waals surface area contributed by atoms with Crippen molar-refractivity contribution < 1.29 is 23.8 Å². The van der Waals surface area contributed by atoms with Crippen molar-refractivity contribution in [3.05, 3.63) is 88.1 Å². The summed E-state index contributed by atoms with van der Waals surface area (Å²) in [5, 5.41) is 9.56. The second kappa shape index (κ2) is 12.1. The van der Waals surface area contributed by atoms with Gasteiger partial charge in [-0.15, -0.1) is 0 Å². The van der Waals surface area contributed by atoms with E-state index in [0.29, 0.717) is 28.9 Å². The first-order valence-corrected chi connectivity index (χ1v) is 14.4. The minimum atomic E-state index is -0.850. The molecule has 4 aromatic rings. The Morgan fingerprint density at radius 2 is 1.93 bits per heavy atom. The molecule has 2 aliphatic rings. The molecule has 0 unspecified atom stereocenters. The Hall–Kier alpha value is -3.53. The number of benzene rings is 2. The lowest BCUT2D eigenvalue weighted by Crippen LogP contribution is -2.35. The van der Waals surface area contributed by atoms with Crippen LogP contribution in [0.3, 0.4) is 0 Å². The van der Waals surface area contributed by atoms with Gasteiger partial charge in [-0.05, 0) is 68.2 Å². The quantitative estimate of drug-likeness (QED) is 0.262. The highest BCUT2D eigenvalue weighted by molar-refractivity contribution is 6.30. The molecule has 41 heavy (non-hydrogen) atoms. The number of aromatic nitrogens is 3. The van der Waals surface area contributed by atoms with E-state index < -0.39 is 11.8 Å². The van der Waals surface area contributed by atoms with Gasteiger partial charge in [0.25, 0.3) is 0 Å². The van der Waals surface area contributed by atoms with E-state index in [0.717, 1.165) is 73.6 Å². The second-order valence-electron chi connectivity index (χ2n) is 10.8. The first kappa shape index (κ1) is 27.6. The molecule has 2 aliphatic heterocycles. The third kappa shape index (κ3) is 6.53. The molecule has 0 radical (unpaired) electrons.